The van der Waals surface area contributed by atoms with Crippen molar-refractivity contribution in [2.24, 2.45) is 0 Å². The number of carbonyl (C=O) groups is 2. The van der Waals surface area contributed by atoms with E-state index in [-0.39, 0.29) is 24.5 Å². The molecule has 0 unspecified atom stereocenters. The summed E-state index contributed by atoms with van der Waals surface area (Å²) in [6, 6.07) is 13.1. The highest BCUT2D eigenvalue weighted by atomic mass is 79.9. The lowest BCUT2D eigenvalue weighted by molar-refractivity contribution is -0.118. The van der Waals surface area contributed by atoms with Crippen molar-refractivity contribution in [1.29, 1.82) is 0 Å². The van der Waals surface area contributed by atoms with Gasteiger partial charge in [0.05, 0.1) is 15.7 Å². The van der Waals surface area contributed by atoms with E-state index < -0.39 is 0 Å². The predicted molar refractivity (Wildman–Crippen MR) is 123 cm³/mol. The molecular formula is C24H29BrN2O3. The third-order valence-electron chi connectivity index (χ3n) is 5.37. The Labute approximate surface area is 186 Å². The Balaban J connectivity index is 1.59. The number of para-hydroxylation sites is 1. The van der Waals surface area contributed by atoms with Gasteiger partial charge in [-0.25, -0.2) is 0 Å². The van der Waals surface area contributed by atoms with Crippen molar-refractivity contribution in [2.75, 3.05) is 11.9 Å². The van der Waals surface area contributed by atoms with E-state index in [1.165, 1.54) is 12.0 Å². The van der Waals surface area contributed by atoms with E-state index in [0.29, 0.717) is 22.9 Å². The highest BCUT2D eigenvalue weighted by Crippen LogP contribution is 2.29. The second kappa shape index (κ2) is 10.6. The zero-order chi connectivity index (χ0) is 21.5. The molecule has 0 bridgehead atoms. The zero-order valence-electron chi connectivity index (χ0n) is 17.5. The second-order valence-corrected chi connectivity index (χ2v) is 8.89. The lowest BCUT2D eigenvalue weighted by atomic mass is 9.95. The van der Waals surface area contributed by atoms with E-state index in [1.807, 2.05) is 18.2 Å². The molecule has 1 aliphatic carbocycles. The Morgan fingerprint density at radius 2 is 1.83 bits per heavy atom. The van der Waals surface area contributed by atoms with Gasteiger partial charge in [0, 0.05) is 6.04 Å². The highest BCUT2D eigenvalue weighted by Gasteiger charge is 2.19. The van der Waals surface area contributed by atoms with Crippen LogP contribution in [-0.2, 0) is 4.79 Å². The van der Waals surface area contributed by atoms with Crippen molar-refractivity contribution in [3.63, 3.8) is 0 Å². The molecule has 0 saturated heterocycles. The van der Waals surface area contributed by atoms with Gasteiger partial charge in [-0.1, -0.05) is 51.3 Å². The standard InChI is InChI=1S/C24H29BrN2O3/c1-16(2)17-12-13-22(20(25)14-17)30-15-23(28)27-21-11-7-6-10-19(21)24(29)26-18-8-4-3-5-9-18/h6-7,10-14,16,18H,3-5,8-9,15H2,1-2H3,(H,26,29)(H,27,28). The minimum Gasteiger partial charge on any atom is -0.483 e. The molecule has 1 aliphatic rings. The second-order valence-electron chi connectivity index (χ2n) is 8.04. The summed E-state index contributed by atoms with van der Waals surface area (Å²) in [5.41, 5.74) is 2.16. The van der Waals surface area contributed by atoms with Crippen molar-refractivity contribution in [2.45, 2.75) is 57.9 Å². The monoisotopic (exact) mass is 472 g/mol. The topological polar surface area (TPSA) is 67.4 Å². The average molecular weight is 473 g/mol. The number of anilines is 1. The van der Waals surface area contributed by atoms with Gasteiger partial charge in [-0.15, -0.1) is 0 Å². The van der Waals surface area contributed by atoms with Crippen molar-refractivity contribution in [3.8, 4) is 5.75 Å². The first-order chi connectivity index (χ1) is 14.4. The van der Waals surface area contributed by atoms with Crippen LogP contribution in [0.4, 0.5) is 5.69 Å². The summed E-state index contributed by atoms with van der Waals surface area (Å²) >= 11 is 3.50. The fraction of sp³-hybridized carbons (Fsp3) is 0.417. The van der Waals surface area contributed by atoms with Gasteiger partial charge in [-0.2, -0.15) is 0 Å². The van der Waals surface area contributed by atoms with Gasteiger partial charge in [-0.05, 0) is 64.5 Å². The Hall–Kier alpha value is -2.34. The maximum atomic E-state index is 12.7. The first-order valence-corrected chi connectivity index (χ1v) is 11.4. The van der Waals surface area contributed by atoms with E-state index in [9.17, 15) is 9.59 Å². The number of ether oxygens (including phenoxy) is 1. The molecule has 5 nitrogen and oxygen atoms in total. The van der Waals surface area contributed by atoms with Crippen molar-refractivity contribution in [1.82, 2.24) is 5.32 Å². The van der Waals surface area contributed by atoms with Gasteiger partial charge >= 0.3 is 0 Å². The molecule has 2 N–H and O–H groups in total. The summed E-state index contributed by atoms with van der Waals surface area (Å²) in [6.07, 6.45) is 5.55. The molecule has 0 aromatic heterocycles. The molecule has 0 spiro atoms. The first kappa shape index (κ1) is 22.3. The van der Waals surface area contributed by atoms with Gasteiger partial charge in [0.15, 0.2) is 6.61 Å². The van der Waals surface area contributed by atoms with Crippen LogP contribution in [0.1, 0.15) is 67.8 Å². The molecule has 0 heterocycles. The van der Waals surface area contributed by atoms with E-state index >= 15 is 0 Å². The molecule has 2 aromatic carbocycles. The summed E-state index contributed by atoms with van der Waals surface area (Å²) in [6.45, 7) is 4.10. The van der Waals surface area contributed by atoms with E-state index in [0.717, 1.165) is 30.2 Å². The van der Waals surface area contributed by atoms with Crippen LogP contribution in [0.15, 0.2) is 46.9 Å². The van der Waals surface area contributed by atoms with Crippen LogP contribution in [0.5, 0.6) is 5.75 Å². The number of carbonyl (C=O) groups excluding carboxylic acids is 2. The van der Waals surface area contributed by atoms with Crippen LogP contribution in [0.3, 0.4) is 0 Å². The fourth-order valence-electron chi connectivity index (χ4n) is 3.62. The number of amides is 2. The molecular weight excluding hydrogens is 444 g/mol. The van der Waals surface area contributed by atoms with Crippen LogP contribution < -0.4 is 15.4 Å². The van der Waals surface area contributed by atoms with Crippen LogP contribution in [0.2, 0.25) is 0 Å². The van der Waals surface area contributed by atoms with Gasteiger partial charge in [0.1, 0.15) is 5.75 Å². The minimum absolute atomic E-state index is 0.141. The molecule has 1 fully saturated rings. The normalized spacial score (nSPS) is 14.4. The van der Waals surface area contributed by atoms with Crippen molar-refractivity contribution in [3.05, 3.63) is 58.1 Å². The number of hydrogen-bond donors (Lipinski definition) is 2. The number of benzene rings is 2. The lowest BCUT2D eigenvalue weighted by Crippen LogP contribution is -2.36. The predicted octanol–water partition coefficient (Wildman–Crippen LogP) is 5.65. The Morgan fingerprint density at radius 3 is 2.53 bits per heavy atom. The van der Waals surface area contributed by atoms with E-state index in [4.69, 9.17) is 4.74 Å². The summed E-state index contributed by atoms with van der Waals surface area (Å²) < 4.78 is 6.48. The molecule has 3 rings (SSSR count). The first-order valence-electron chi connectivity index (χ1n) is 10.6. The highest BCUT2D eigenvalue weighted by molar-refractivity contribution is 9.10. The van der Waals surface area contributed by atoms with Crippen LogP contribution in [-0.4, -0.2) is 24.5 Å². The van der Waals surface area contributed by atoms with E-state index in [2.05, 4.69) is 40.4 Å². The lowest BCUT2D eigenvalue weighted by Gasteiger charge is -2.23. The van der Waals surface area contributed by atoms with Crippen LogP contribution in [0.25, 0.3) is 0 Å². The maximum absolute atomic E-state index is 12.7. The Kier molecular flexibility index (Phi) is 7.91. The third kappa shape index (κ3) is 6.08. The molecule has 30 heavy (non-hydrogen) atoms. The molecule has 2 aromatic rings. The number of halogens is 1. The number of hydrogen-bond acceptors (Lipinski definition) is 3. The Bertz CT molecular complexity index is 892. The summed E-state index contributed by atoms with van der Waals surface area (Å²) in [5.74, 6) is 0.561. The smallest absolute Gasteiger partial charge is 0.262 e. The molecule has 6 heteroatoms. The number of nitrogens with one attached hydrogen (secondary N) is 2. The van der Waals surface area contributed by atoms with Crippen molar-refractivity contribution >= 4 is 33.4 Å². The molecule has 0 aliphatic heterocycles. The van der Waals surface area contributed by atoms with Gasteiger partial charge in [0.25, 0.3) is 11.8 Å². The molecule has 0 atom stereocenters. The minimum atomic E-state index is -0.312. The summed E-state index contributed by atoms with van der Waals surface area (Å²) in [7, 11) is 0. The Morgan fingerprint density at radius 1 is 1.10 bits per heavy atom. The van der Waals surface area contributed by atoms with Gasteiger partial charge in [0.2, 0.25) is 0 Å². The number of rotatable bonds is 7. The SMILES string of the molecule is CC(C)c1ccc(OCC(=O)Nc2ccccc2C(=O)NC2CCCCC2)c(Br)c1. The van der Waals surface area contributed by atoms with Crippen LogP contribution in [0, 0.1) is 0 Å². The molecule has 160 valence electrons. The quantitative estimate of drug-likeness (QED) is 0.546. The van der Waals surface area contributed by atoms with E-state index in [1.54, 1.807) is 24.3 Å². The summed E-state index contributed by atoms with van der Waals surface area (Å²) in [5, 5.41) is 5.91. The molecule has 1 saturated carbocycles. The van der Waals surface area contributed by atoms with Crippen molar-refractivity contribution < 1.29 is 14.3 Å². The fourth-order valence-corrected chi connectivity index (χ4v) is 4.13. The average Bonchev–Trinajstić information content (AvgIpc) is 2.73. The zero-order valence-corrected chi connectivity index (χ0v) is 19.1. The molecule has 0 radical (unpaired) electrons. The van der Waals surface area contributed by atoms with Gasteiger partial charge < -0.3 is 15.4 Å². The molecule has 2 amide bonds. The maximum Gasteiger partial charge on any atom is 0.262 e. The van der Waals surface area contributed by atoms with Crippen LogP contribution >= 0.6 is 15.9 Å². The van der Waals surface area contributed by atoms with Gasteiger partial charge in [-0.3, -0.25) is 9.59 Å². The largest absolute Gasteiger partial charge is 0.483 e. The summed E-state index contributed by atoms with van der Waals surface area (Å²) in [4.78, 5) is 25.2. The third-order valence-corrected chi connectivity index (χ3v) is 5.99.